The quantitative estimate of drug-likeness (QED) is 0.859. The van der Waals surface area contributed by atoms with Gasteiger partial charge in [0.05, 0.1) is 16.5 Å². The summed E-state index contributed by atoms with van der Waals surface area (Å²) in [4.78, 5) is 8.45. The van der Waals surface area contributed by atoms with E-state index in [1.807, 2.05) is 0 Å². The molecule has 1 N–H and O–H groups in total. The lowest BCUT2D eigenvalue weighted by Gasteiger charge is -2.38. The highest BCUT2D eigenvalue weighted by atomic mass is 79.9. The molecule has 1 aromatic rings. The molecule has 70 valence electrons. The van der Waals surface area contributed by atoms with Crippen LogP contribution in [0.1, 0.15) is 25.1 Å². The Bertz CT molecular complexity index is 289. The fourth-order valence-corrected chi connectivity index (χ4v) is 1.85. The summed E-state index contributed by atoms with van der Waals surface area (Å²) >= 11 is 3.29. The van der Waals surface area contributed by atoms with E-state index in [9.17, 15) is 5.11 Å². The minimum absolute atomic E-state index is 0.138. The summed E-state index contributed by atoms with van der Waals surface area (Å²) in [5.74, 6) is 0.782. The van der Waals surface area contributed by atoms with E-state index < -0.39 is 0 Å². The molecule has 0 saturated heterocycles. The first-order valence-electron chi connectivity index (χ1n) is 4.36. The number of aliphatic hydroxyl groups is 1. The summed E-state index contributed by atoms with van der Waals surface area (Å²) in [6, 6.07) is 0. The Labute approximate surface area is 85.4 Å². The van der Waals surface area contributed by atoms with Crippen molar-refractivity contribution in [1.29, 1.82) is 0 Å². The van der Waals surface area contributed by atoms with E-state index in [4.69, 9.17) is 0 Å². The van der Waals surface area contributed by atoms with Gasteiger partial charge in [-0.2, -0.15) is 0 Å². The molecule has 0 atom stereocenters. The number of rotatable bonds is 2. The van der Waals surface area contributed by atoms with Gasteiger partial charge in [-0.1, -0.05) is 6.42 Å². The first kappa shape index (κ1) is 9.09. The van der Waals surface area contributed by atoms with E-state index in [0.29, 0.717) is 0 Å². The average Bonchev–Trinajstić information content (AvgIpc) is 2.07. The maximum Gasteiger partial charge on any atom is 0.136 e. The van der Waals surface area contributed by atoms with Crippen LogP contribution in [0.4, 0.5) is 0 Å². The minimum Gasteiger partial charge on any atom is -0.395 e. The van der Waals surface area contributed by atoms with Crippen molar-refractivity contribution in [2.75, 3.05) is 6.61 Å². The molecule has 0 aliphatic heterocycles. The predicted molar refractivity (Wildman–Crippen MR) is 52.3 cm³/mol. The standard InChI is InChI=1S/C9H11BrN2O/c10-7-4-11-8(12-5-7)9(6-13)2-1-3-9/h4-5,13H,1-3,6H2. The number of aromatic nitrogens is 2. The van der Waals surface area contributed by atoms with Crippen LogP contribution in [0.15, 0.2) is 16.9 Å². The fourth-order valence-electron chi connectivity index (χ4n) is 1.64. The van der Waals surface area contributed by atoms with Crippen molar-refractivity contribution in [2.45, 2.75) is 24.7 Å². The van der Waals surface area contributed by atoms with E-state index in [1.165, 1.54) is 6.42 Å². The van der Waals surface area contributed by atoms with Gasteiger partial charge in [0, 0.05) is 12.4 Å². The zero-order valence-corrected chi connectivity index (χ0v) is 8.79. The Morgan fingerprint density at radius 2 is 2.00 bits per heavy atom. The van der Waals surface area contributed by atoms with Crippen molar-refractivity contribution in [3.05, 3.63) is 22.7 Å². The zero-order valence-electron chi connectivity index (χ0n) is 7.20. The van der Waals surface area contributed by atoms with Crippen LogP contribution in [-0.2, 0) is 5.41 Å². The molecular formula is C9H11BrN2O. The lowest BCUT2D eigenvalue weighted by Crippen LogP contribution is -2.39. The largest absolute Gasteiger partial charge is 0.395 e. The van der Waals surface area contributed by atoms with Gasteiger partial charge >= 0.3 is 0 Å². The van der Waals surface area contributed by atoms with Gasteiger partial charge < -0.3 is 5.11 Å². The summed E-state index contributed by atoms with van der Waals surface area (Å²) < 4.78 is 0.878. The normalized spacial score (nSPS) is 19.5. The molecule has 13 heavy (non-hydrogen) atoms. The first-order valence-corrected chi connectivity index (χ1v) is 5.15. The van der Waals surface area contributed by atoms with Gasteiger partial charge in [-0.05, 0) is 28.8 Å². The molecule has 0 aromatic carbocycles. The van der Waals surface area contributed by atoms with Crippen LogP contribution >= 0.6 is 15.9 Å². The van der Waals surface area contributed by atoms with Gasteiger partial charge in [0.1, 0.15) is 5.82 Å². The molecule has 1 aliphatic carbocycles. The lowest BCUT2D eigenvalue weighted by atomic mass is 9.69. The van der Waals surface area contributed by atoms with Crippen LogP contribution in [0.2, 0.25) is 0 Å². The Kier molecular flexibility index (Phi) is 2.34. The van der Waals surface area contributed by atoms with Crippen molar-refractivity contribution >= 4 is 15.9 Å². The zero-order chi connectivity index (χ0) is 9.31. The molecule has 0 amide bonds. The van der Waals surface area contributed by atoms with Crippen molar-refractivity contribution in [3.8, 4) is 0 Å². The van der Waals surface area contributed by atoms with Gasteiger partial charge in [-0.3, -0.25) is 0 Å². The molecule has 1 aromatic heterocycles. The van der Waals surface area contributed by atoms with Gasteiger partial charge in [0.15, 0.2) is 0 Å². The van der Waals surface area contributed by atoms with Crippen molar-refractivity contribution < 1.29 is 5.11 Å². The van der Waals surface area contributed by atoms with Crippen LogP contribution in [0.3, 0.4) is 0 Å². The molecule has 0 bridgehead atoms. The van der Waals surface area contributed by atoms with Gasteiger partial charge in [-0.15, -0.1) is 0 Å². The van der Waals surface area contributed by atoms with Gasteiger partial charge in [-0.25, -0.2) is 9.97 Å². The Morgan fingerprint density at radius 3 is 2.38 bits per heavy atom. The van der Waals surface area contributed by atoms with E-state index in [0.717, 1.165) is 23.1 Å². The topological polar surface area (TPSA) is 46.0 Å². The molecule has 2 rings (SSSR count). The highest BCUT2D eigenvalue weighted by molar-refractivity contribution is 9.10. The number of halogens is 1. The van der Waals surface area contributed by atoms with E-state index in [1.54, 1.807) is 12.4 Å². The number of nitrogens with zero attached hydrogens (tertiary/aromatic N) is 2. The molecule has 1 saturated carbocycles. The molecule has 1 heterocycles. The van der Waals surface area contributed by atoms with Crippen molar-refractivity contribution in [1.82, 2.24) is 9.97 Å². The van der Waals surface area contributed by atoms with Gasteiger partial charge in [0.25, 0.3) is 0 Å². The molecule has 0 radical (unpaired) electrons. The molecule has 1 fully saturated rings. The van der Waals surface area contributed by atoms with Crippen LogP contribution in [-0.4, -0.2) is 21.7 Å². The first-order chi connectivity index (χ1) is 6.27. The van der Waals surface area contributed by atoms with Crippen LogP contribution in [0.5, 0.6) is 0 Å². The monoisotopic (exact) mass is 242 g/mol. The second-order valence-electron chi connectivity index (χ2n) is 3.52. The highest BCUT2D eigenvalue weighted by Crippen LogP contribution is 2.41. The van der Waals surface area contributed by atoms with Crippen molar-refractivity contribution in [3.63, 3.8) is 0 Å². The summed E-state index contributed by atoms with van der Waals surface area (Å²) in [5, 5.41) is 9.27. The second kappa shape index (κ2) is 3.35. The lowest BCUT2D eigenvalue weighted by molar-refractivity contribution is 0.112. The average molecular weight is 243 g/mol. The Balaban J connectivity index is 2.28. The molecule has 3 nitrogen and oxygen atoms in total. The molecule has 0 spiro atoms. The highest BCUT2D eigenvalue weighted by Gasteiger charge is 2.40. The van der Waals surface area contributed by atoms with Crippen LogP contribution < -0.4 is 0 Å². The summed E-state index contributed by atoms with van der Waals surface area (Å²) in [6.45, 7) is 0.161. The second-order valence-corrected chi connectivity index (χ2v) is 4.43. The maximum atomic E-state index is 9.27. The molecular weight excluding hydrogens is 232 g/mol. The summed E-state index contributed by atoms with van der Waals surface area (Å²) in [6.07, 6.45) is 6.65. The van der Waals surface area contributed by atoms with Crippen LogP contribution in [0.25, 0.3) is 0 Å². The Morgan fingerprint density at radius 1 is 1.38 bits per heavy atom. The molecule has 0 unspecified atom stereocenters. The van der Waals surface area contributed by atoms with E-state index >= 15 is 0 Å². The maximum absolute atomic E-state index is 9.27. The molecule has 4 heteroatoms. The SMILES string of the molecule is OCC1(c2ncc(Br)cn2)CCC1. The fraction of sp³-hybridized carbons (Fsp3) is 0.556. The third-order valence-electron chi connectivity index (χ3n) is 2.71. The number of hydrogen-bond acceptors (Lipinski definition) is 3. The third kappa shape index (κ3) is 1.48. The summed E-state index contributed by atoms with van der Waals surface area (Å²) in [7, 11) is 0. The number of aliphatic hydroxyl groups excluding tert-OH is 1. The van der Waals surface area contributed by atoms with Gasteiger partial charge in [0.2, 0.25) is 0 Å². The number of hydrogen-bond donors (Lipinski definition) is 1. The summed E-state index contributed by atoms with van der Waals surface area (Å²) in [5.41, 5.74) is -0.138. The van der Waals surface area contributed by atoms with Crippen LogP contribution in [0, 0.1) is 0 Å². The van der Waals surface area contributed by atoms with E-state index in [-0.39, 0.29) is 12.0 Å². The third-order valence-corrected chi connectivity index (χ3v) is 3.12. The Hall–Kier alpha value is -0.480. The van der Waals surface area contributed by atoms with E-state index in [2.05, 4.69) is 25.9 Å². The smallest absolute Gasteiger partial charge is 0.136 e. The predicted octanol–water partition coefficient (Wildman–Crippen LogP) is 1.65. The van der Waals surface area contributed by atoms with Crippen molar-refractivity contribution in [2.24, 2.45) is 0 Å². The minimum atomic E-state index is -0.138. The molecule has 1 aliphatic rings.